The molecule has 3 heteroatoms. The molecule has 0 saturated carbocycles. The number of quaternary nitrogens is 1. The Kier molecular flexibility index (Phi) is 2.18. The molecule has 0 aromatic carbocycles. The quantitative estimate of drug-likeness (QED) is 0.539. The molecule has 2 aliphatic heterocycles. The number of likely N-dealkylation sites (N-methyl/N-ethyl adjacent to an activating group) is 1. The first kappa shape index (κ1) is 9.19. The van der Waals surface area contributed by atoms with E-state index in [2.05, 4.69) is 26.2 Å². The molecular weight excluding hydrogens is 166 g/mol. The summed E-state index contributed by atoms with van der Waals surface area (Å²) in [4.78, 5) is 1.36. The molecule has 0 spiro atoms. The van der Waals surface area contributed by atoms with Crippen LogP contribution in [0.2, 0.25) is 0 Å². The van der Waals surface area contributed by atoms with Gasteiger partial charge in [0.1, 0.15) is 12.1 Å². The molecule has 0 aromatic heterocycles. The third-order valence-electron chi connectivity index (χ3n) is 2.74. The SMILES string of the molecule is C[NH+](C)C[C@]12C=C[C@@H](C[C@@H](O)C1)O2. The fourth-order valence-corrected chi connectivity index (χ4v) is 2.43. The standard InChI is InChI=1S/C10H17NO2/c1-11(2)7-10-4-3-9(13-10)5-8(12)6-10/h3-4,8-9,12H,5-7H2,1-2H3/p+1/t8-,9+,10+/m1/s1. The summed E-state index contributed by atoms with van der Waals surface area (Å²) in [6.45, 7) is 0.942. The van der Waals surface area contributed by atoms with Gasteiger partial charge in [-0.3, -0.25) is 0 Å². The highest BCUT2D eigenvalue weighted by molar-refractivity contribution is 5.15. The van der Waals surface area contributed by atoms with Crippen molar-refractivity contribution in [2.24, 2.45) is 0 Å². The van der Waals surface area contributed by atoms with Crippen LogP contribution in [0.15, 0.2) is 12.2 Å². The first-order valence-corrected chi connectivity index (χ1v) is 4.94. The van der Waals surface area contributed by atoms with Crippen LogP contribution in [0.5, 0.6) is 0 Å². The van der Waals surface area contributed by atoms with Crippen LogP contribution < -0.4 is 4.90 Å². The van der Waals surface area contributed by atoms with Gasteiger partial charge in [0.25, 0.3) is 0 Å². The van der Waals surface area contributed by atoms with Gasteiger partial charge >= 0.3 is 0 Å². The van der Waals surface area contributed by atoms with E-state index in [0.717, 1.165) is 19.4 Å². The van der Waals surface area contributed by atoms with Crippen LogP contribution in [-0.2, 0) is 4.74 Å². The van der Waals surface area contributed by atoms with Gasteiger partial charge in [-0.05, 0) is 6.08 Å². The number of aliphatic hydroxyl groups is 1. The lowest BCUT2D eigenvalue weighted by atomic mass is 9.93. The van der Waals surface area contributed by atoms with Crippen molar-refractivity contribution in [3.63, 3.8) is 0 Å². The predicted molar refractivity (Wildman–Crippen MR) is 49.7 cm³/mol. The molecule has 0 amide bonds. The van der Waals surface area contributed by atoms with E-state index in [1.165, 1.54) is 4.90 Å². The van der Waals surface area contributed by atoms with Crippen LogP contribution >= 0.6 is 0 Å². The number of hydrogen-bond acceptors (Lipinski definition) is 2. The monoisotopic (exact) mass is 184 g/mol. The summed E-state index contributed by atoms with van der Waals surface area (Å²) in [5, 5.41) is 9.64. The van der Waals surface area contributed by atoms with Crippen molar-refractivity contribution in [3.05, 3.63) is 12.2 Å². The van der Waals surface area contributed by atoms with Crippen LogP contribution in [0.1, 0.15) is 12.8 Å². The van der Waals surface area contributed by atoms with Crippen molar-refractivity contribution in [2.45, 2.75) is 30.7 Å². The summed E-state index contributed by atoms with van der Waals surface area (Å²) in [7, 11) is 4.22. The van der Waals surface area contributed by atoms with Gasteiger partial charge in [0.15, 0.2) is 0 Å². The smallest absolute Gasteiger partial charge is 0.138 e. The van der Waals surface area contributed by atoms with Crippen molar-refractivity contribution < 1.29 is 14.7 Å². The van der Waals surface area contributed by atoms with Crippen LogP contribution in [0.25, 0.3) is 0 Å². The summed E-state index contributed by atoms with van der Waals surface area (Å²) in [5.41, 5.74) is -0.179. The van der Waals surface area contributed by atoms with Gasteiger partial charge in [-0.1, -0.05) is 6.08 Å². The van der Waals surface area contributed by atoms with Gasteiger partial charge in [0, 0.05) is 12.8 Å². The summed E-state index contributed by atoms with van der Waals surface area (Å²) in [6.07, 6.45) is 5.72. The van der Waals surface area contributed by atoms with E-state index < -0.39 is 0 Å². The van der Waals surface area contributed by atoms with Gasteiger partial charge in [-0.15, -0.1) is 0 Å². The molecule has 13 heavy (non-hydrogen) atoms. The minimum Gasteiger partial charge on any atom is -0.393 e. The number of fused-ring (bicyclic) bond motifs is 2. The molecule has 2 bridgehead atoms. The second-order valence-corrected chi connectivity index (χ2v) is 4.56. The Morgan fingerprint density at radius 2 is 2.38 bits per heavy atom. The lowest BCUT2D eigenvalue weighted by molar-refractivity contribution is -0.865. The first-order valence-electron chi connectivity index (χ1n) is 4.94. The van der Waals surface area contributed by atoms with Crippen molar-refractivity contribution in [2.75, 3.05) is 20.6 Å². The maximum Gasteiger partial charge on any atom is 0.138 e. The Balaban J connectivity index is 2.09. The molecule has 0 aliphatic carbocycles. The number of ether oxygens (including phenoxy) is 1. The lowest BCUT2D eigenvalue weighted by Crippen LogP contribution is -3.08. The Hall–Kier alpha value is -0.380. The molecule has 1 fully saturated rings. The molecule has 2 aliphatic rings. The average Bonchev–Trinajstić information content (AvgIpc) is 2.24. The summed E-state index contributed by atoms with van der Waals surface area (Å²) < 4.78 is 5.87. The molecule has 2 heterocycles. The molecule has 0 unspecified atom stereocenters. The third-order valence-corrected chi connectivity index (χ3v) is 2.74. The number of nitrogens with one attached hydrogen (secondary N) is 1. The van der Waals surface area contributed by atoms with E-state index >= 15 is 0 Å². The Morgan fingerprint density at radius 3 is 3.08 bits per heavy atom. The maximum absolute atomic E-state index is 9.64. The van der Waals surface area contributed by atoms with Crippen LogP contribution in [0.3, 0.4) is 0 Å². The number of hydrogen-bond donors (Lipinski definition) is 2. The number of rotatable bonds is 2. The fourth-order valence-electron chi connectivity index (χ4n) is 2.43. The molecule has 1 saturated heterocycles. The van der Waals surface area contributed by atoms with Crippen molar-refractivity contribution in [3.8, 4) is 0 Å². The lowest BCUT2D eigenvalue weighted by Gasteiger charge is -2.36. The highest BCUT2D eigenvalue weighted by Gasteiger charge is 2.44. The third kappa shape index (κ3) is 1.77. The summed E-state index contributed by atoms with van der Waals surface area (Å²) >= 11 is 0. The van der Waals surface area contributed by atoms with Crippen molar-refractivity contribution in [1.29, 1.82) is 0 Å². The molecule has 2 rings (SSSR count). The van der Waals surface area contributed by atoms with Gasteiger partial charge in [0.05, 0.1) is 26.3 Å². The molecule has 2 N–H and O–H groups in total. The minimum atomic E-state index is -0.187. The maximum atomic E-state index is 9.64. The van der Waals surface area contributed by atoms with Gasteiger partial charge in [0.2, 0.25) is 0 Å². The highest BCUT2D eigenvalue weighted by atomic mass is 16.5. The molecule has 74 valence electrons. The first-order chi connectivity index (χ1) is 6.10. The van der Waals surface area contributed by atoms with Crippen LogP contribution in [-0.4, -0.2) is 43.6 Å². The zero-order valence-corrected chi connectivity index (χ0v) is 8.29. The minimum absolute atomic E-state index is 0.156. The predicted octanol–water partition coefficient (Wildman–Crippen LogP) is -1.02. The van der Waals surface area contributed by atoms with Gasteiger partial charge in [-0.25, -0.2) is 0 Å². The summed E-state index contributed by atoms with van der Waals surface area (Å²) in [6, 6.07) is 0. The zero-order chi connectivity index (χ0) is 9.47. The van der Waals surface area contributed by atoms with Crippen LogP contribution in [0.4, 0.5) is 0 Å². The van der Waals surface area contributed by atoms with E-state index in [1.54, 1.807) is 0 Å². The van der Waals surface area contributed by atoms with Gasteiger partial charge in [-0.2, -0.15) is 0 Å². The van der Waals surface area contributed by atoms with Crippen LogP contribution in [0, 0.1) is 0 Å². The topological polar surface area (TPSA) is 33.9 Å². The normalized spacial score (nSPS) is 43.1. The Morgan fingerprint density at radius 1 is 1.62 bits per heavy atom. The van der Waals surface area contributed by atoms with E-state index in [-0.39, 0.29) is 17.8 Å². The van der Waals surface area contributed by atoms with Crippen molar-refractivity contribution in [1.82, 2.24) is 0 Å². The zero-order valence-electron chi connectivity index (χ0n) is 8.29. The van der Waals surface area contributed by atoms with Gasteiger partial charge < -0.3 is 14.7 Å². The summed E-state index contributed by atoms with van der Waals surface area (Å²) in [5.74, 6) is 0. The Bertz CT molecular complexity index is 223. The molecular formula is C10H18NO2+. The fraction of sp³-hybridized carbons (Fsp3) is 0.800. The van der Waals surface area contributed by atoms with Crippen molar-refractivity contribution >= 4 is 0 Å². The molecule has 3 nitrogen and oxygen atoms in total. The van der Waals surface area contributed by atoms with E-state index in [0.29, 0.717) is 0 Å². The van der Waals surface area contributed by atoms with E-state index in [4.69, 9.17) is 4.74 Å². The molecule has 0 radical (unpaired) electrons. The second-order valence-electron chi connectivity index (χ2n) is 4.56. The number of aliphatic hydroxyl groups excluding tert-OH is 1. The van der Waals surface area contributed by atoms with E-state index in [9.17, 15) is 5.11 Å². The molecule has 3 atom stereocenters. The van der Waals surface area contributed by atoms with E-state index in [1.807, 2.05) is 0 Å². The second kappa shape index (κ2) is 3.08. The molecule has 0 aromatic rings. The highest BCUT2D eigenvalue weighted by Crippen LogP contribution is 2.35. The largest absolute Gasteiger partial charge is 0.393 e. The Labute approximate surface area is 79.0 Å². The average molecular weight is 184 g/mol.